The van der Waals surface area contributed by atoms with E-state index in [-0.39, 0.29) is 17.4 Å². The Kier molecular flexibility index (Phi) is 2.77. The van der Waals surface area contributed by atoms with Crippen molar-refractivity contribution < 1.29 is 10.2 Å². The molecular formula is C9H10N6O2. The number of rotatable bonds is 3. The average molecular weight is 234 g/mol. The van der Waals surface area contributed by atoms with E-state index in [1.165, 1.54) is 29.4 Å². The molecule has 0 unspecified atom stereocenters. The van der Waals surface area contributed by atoms with Gasteiger partial charge in [-0.25, -0.2) is 10.1 Å². The average Bonchev–Trinajstić information content (AvgIpc) is 2.70. The third-order valence-electron chi connectivity index (χ3n) is 1.95. The fourth-order valence-corrected chi connectivity index (χ4v) is 1.11. The largest absolute Gasteiger partial charge is 0.504 e. The standard InChI is InChI=1S/C9H10N6O2/c10-15-5-12-14-9(15)13-11-4-6-1-2-7(16)8(17)3-6/h1-5,16-17H,10H2,(H,13,14). The Morgan fingerprint density at radius 3 is 2.82 bits per heavy atom. The van der Waals surface area contributed by atoms with Crippen molar-refractivity contribution in [1.29, 1.82) is 0 Å². The first-order valence-corrected chi connectivity index (χ1v) is 4.63. The van der Waals surface area contributed by atoms with Crippen LogP contribution in [0.4, 0.5) is 5.95 Å². The molecule has 0 radical (unpaired) electrons. The maximum atomic E-state index is 9.25. The van der Waals surface area contributed by atoms with E-state index in [9.17, 15) is 5.11 Å². The number of phenols is 2. The normalized spacial score (nSPS) is 10.8. The summed E-state index contributed by atoms with van der Waals surface area (Å²) in [7, 11) is 0. The van der Waals surface area contributed by atoms with Crippen LogP contribution in [0, 0.1) is 0 Å². The van der Waals surface area contributed by atoms with Gasteiger partial charge in [-0.05, 0) is 23.8 Å². The Labute approximate surface area is 96.0 Å². The summed E-state index contributed by atoms with van der Waals surface area (Å²) in [4.78, 5) is 0. The predicted molar refractivity (Wildman–Crippen MR) is 61.2 cm³/mol. The van der Waals surface area contributed by atoms with E-state index in [4.69, 9.17) is 10.9 Å². The maximum Gasteiger partial charge on any atom is 0.263 e. The minimum absolute atomic E-state index is 0.184. The van der Waals surface area contributed by atoms with Crippen LogP contribution in [-0.4, -0.2) is 31.3 Å². The monoisotopic (exact) mass is 234 g/mol. The highest BCUT2D eigenvalue weighted by Gasteiger charge is 1.99. The summed E-state index contributed by atoms with van der Waals surface area (Å²) in [6.45, 7) is 0. The van der Waals surface area contributed by atoms with Crippen LogP contribution in [-0.2, 0) is 0 Å². The number of nitrogens with two attached hydrogens (primary N) is 1. The molecule has 0 aliphatic carbocycles. The molecule has 1 aromatic carbocycles. The van der Waals surface area contributed by atoms with Crippen molar-refractivity contribution in [2.45, 2.75) is 0 Å². The van der Waals surface area contributed by atoms with Crippen molar-refractivity contribution in [3.05, 3.63) is 30.1 Å². The summed E-state index contributed by atoms with van der Waals surface area (Å²) in [5.74, 6) is 5.33. The Morgan fingerprint density at radius 1 is 1.35 bits per heavy atom. The minimum atomic E-state index is -0.212. The first kappa shape index (κ1) is 10.7. The number of hydrazone groups is 1. The molecule has 0 saturated carbocycles. The second kappa shape index (κ2) is 4.39. The minimum Gasteiger partial charge on any atom is -0.504 e. The molecule has 8 heteroatoms. The SMILES string of the molecule is Nn1cnnc1NN=Cc1ccc(O)c(O)c1. The smallest absolute Gasteiger partial charge is 0.263 e. The van der Waals surface area contributed by atoms with Crippen LogP contribution >= 0.6 is 0 Å². The van der Waals surface area contributed by atoms with Gasteiger partial charge in [0, 0.05) is 0 Å². The Morgan fingerprint density at radius 2 is 2.18 bits per heavy atom. The molecule has 0 saturated heterocycles. The highest BCUT2D eigenvalue weighted by molar-refractivity contribution is 5.81. The number of phenolic OH excluding ortho intramolecular Hbond substituents is 2. The van der Waals surface area contributed by atoms with Gasteiger partial charge in [0.05, 0.1) is 6.21 Å². The zero-order chi connectivity index (χ0) is 12.3. The van der Waals surface area contributed by atoms with Crippen molar-refractivity contribution in [3.8, 4) is 11.5 Å². The van der Waals surface area contributed by atoms with Crippen molar-refractivity contribution in [3.63, 3.8) is 0 Å². The van der Waals surface area contributed by atoms with E-state index in [0.717, 1.165) is 0 Å². The zero-order valence-electron chi connectivity index (χ0n) is 8.65. The number of aromatic nitrogens is 3. The second-order valence-electron chi connectivity index (χ2n) is 3.18. The predicted octanol–water partition coefficient (Wildman–Crippen LogP) is -0.151. The molecule has 0 bridgehead atoms. The topological polar surface area (TPSA) is 122 Å². The number of aromatic hydroxyl groups is 2. The van der Waals surface area contributed by atoms with Gasteiger partial charge in [0.2, 0.25) is 0 Å². The van der Waals surface area contributed by atoms with Gasteiger partial charge < -0.3 is 16.1 Å². The first-order chi connectivity index (χ1) is 8.16. The lowest BCUT2D eigenvalue weighted by atomic mass is 10.2. The van der Waals surface area contributed by atoms with E-state index < -0.39 is 0 Å². The summed E-state index contributed by atoms with van der Waals surface area (Å²) in [6, 6.07) is 4.32. The van der Waals surface area contributed by atoms with Crippen molar-refractivity contribution in [2.24, 2.45) is 5.10 Å². The summed E-state index contributed by atoms with van der Waals surface area (Å²) in [5.41, 5.74) is 3.17. The van der Waals surface area contributed by atoms with Gasteiger partial charge in [0.15, 0.2) is 11.5 Å². The molecule has 17 heavy (non-hydrogen) atoms. The molecular weight excluding hydrogens is 224 g/mol. The van der Waals surface area contributed by atoms with Gasteiger partial charge >= 0.3 is 0 Å². The number of nitrogens with zero attached hydrogens (tertiary/aromatic N) is 4. The highest BCUT2D eigenvalue weighted by Crippen LogP contribution is 2.23. The second-order valence-corrected chi connectivity index (χ2v) is 3.18. The van der Waals surface area contributed by atoms with Gasteiger partial charge in [0.25, 0.3) is 5.95 Å². The van der Waals surface area contributed by atoms with Crippen LogP contribution in [0.2, 0.25) is 0 Å². The number of hydrogen-bond donors (Lipinski definition) is 4. The van der Waals surface area contributed by atoms with Crippen LogP contribution in [0.3, 0.4) is 0 Å². The van der Waals surface area contributed by atoms with Crippen LogP contribution in [0.25, 0.3) is 0 Å². The Bertz CT molecular complexity index is 550. The number of anilines is 1. The van der Waals surface area contributed by atoms with Crippen molar-refractivity contribution in [2.75, 3.05) is 11.3 Å². The molecule has 0 aliphatic rings. The molecule has 0 aliphatic heterocycles. The number of hydrogen-bond acceptors (Lipinski definition) is 7. The van der Waals surface area contributed by atoms with E-state index in [1.54, 1.807) is 6.07 Å². The summed E-state index contributed by atoms with van der Waals surface area (Å²) < 4.78 is 1.17. The number of benzene rings is 1. The molecule has 0 fully saturated rings. The van der Waals surface area contributed by atoms with Gasteiger partial charge in [-0.15, -0.1) is 10.2 Å². The van der Waals surface area contributed by atoms with E-state index in [2.05, 4.69) is 20.7 Å². The molecule has 0 atom stereocenters. The molecule has 1 heterocycles. The first-order valence-electron chi connectivity index (χ1n) is 4.63. The molecule has 0 spiro atoms. The molecule has 88 valence electrons. The van der Waals surface area contributed by atoms with Crippen molar-refractivity contribution >= 4 is 12.2 Å². The van der Waals surface area contributed by atoms with Crippen LogP contribution in [0.5, 0.6) is 11.5 Å². The molecule has 5 N–H and O–H groups in total. The summed E-state index contributed by atoms with van der Waals surface area (Å²) in [5, 5.41) is 29.4. The van der Waals surface area contributed by atoms with E-state index in [0.29, 0.717) is 5.56 Å². The Balaban J connectivity index is 2.06. The van der Waals surface area contributed by atoms with Crippen LogP contribution in [0.1, 0.15) is 5.56 Å². The summed E-state index contributed by atoms with van der Waals surface area (Å²) in [6.07, 6.45) is 2.76. The third-order valence-corrected chi connectivity index (χ3v) is 1.95. The van der Waals surface area contributed by atoms with Gasteiger partial charge in [-0.3, -0.25) is 0 Å². The van der Waals surface area contributed by atoms with Crippen LogP contribution in [0.15, 0.2) is 29.6 Å². The molecule has 1 aromatic heterocycles. The molecule has 8 nitrogen and oxygen atoms in total. The molecule has 2 aromatic rings. The van der Waals surface area contributed by atoms with Gasteiger partial charge in [-0.2, -0.15) is 5.10 Å². The lowest BCUT2D eigenvalue weighted by molar-refractivity contribution is 0.403. The Hall–Kier alpha value is -2.77. The van der Waals surface area contributed by atoms with Gasteiger partial charge in [0.1, 0.15) is 6.33 Å². The van der Waals surface area contributed by atoms with Crippen LogP contribution < -0.4 is 11.3 Å². The number of nitrogens with one attached hydrogen (secondary N) is 1. The van der Waals surface area contributed by atoms with Gasteiger partial charge in [-0.1, -0.05) is 0 Å². The van der Waals surface area contributed by atoms with E-state index >= 15 is 0 Å². The quantitative estimate of drug-likeness (QED) is 0.253. The van der Waals surface area contributed by atoms with Crippen molar-refractivity contribution in [1.82, 2.24) is 14.9 Å². The number of nitrogen functional groups attached to an aromatic ring is 1. The third kappa shape index (κ3) is 2.43. The summed E-state index contributed by atoms with van der Waals surface area (Å²) >= 11 is 0. The lowest BCUT2D eigenvalue weighted by Gasteiger charge is -1.99. The molecule has 0 amide bonds. The lowest BCUT2D eigenvalue weighted by Crippen LogP contribution is -2.10. The maximum absolute atomic E-state index is 9.25. The zero-order valence-corrected chi connectivity index (χ0v) is 8.65. The highest BCUT2D eigenvalue weighted by atomic mass is 16.3. The van der Waals surface area contributed by atoms with E-state index in [1.807, 2.05) is 0 Å². The fourth-order valence-electron chi connectivity index (χ4n) is 1.11. The fraction of sp³-hybridized carbons (Fsp3) is 0. The molecule has 2 rings (SSSR count).